The van der Waals surface area contributed by atoms with Gasteiger partial charge in [-0.3, -0.25) is 9.59 Å². The Hall–Kier alpha value is -4.07. The van der Waals surface area contributed by atoms with Crippen LogP contribution in [0.2, 0.25) is 0 Å². The highest BCUT2D eigenvalue weighted by Crippen LogP contribution is 2.26. The van der Waals surface area contributed by atoms with Crippen LogP contribution in [0.3, 0.4) is 0 Å². The lowest BCUT2D eigenvalue weighted by Gasteiger charge is -2.12. The van der Waals surface area contributed by atoms with E-state index in [9.17, 15) is 14.4 Å². The second-order valence-corrected chi connectivity index (χ2v) is 6.65. The van der Waals surface area contributed by atoms with Gasteiger partial charge in [0.05, 0.1) is 25.5 Å². The van der Waals surface area contributed by atoms with Gasteiger partial charge in [-0.15, -0.1) is 0 Å². The Labute approximate surface area is 179 Å². The van der Waals surface area contributed by atoms with Crippen LogP contribution in [0.25, 0.3) is 10.8 Å². The highest BCUT2D eigenvalue weighted by atomic mass is 16.5. The van der Waals surface area contributed by atoms with Crippen LogP contribution in [0.4, 0.5) is 11.4 Å². The van der Waals surface area contributed by atoms with Crippen molar-refractivity contribution in [3.05, 3.63) is 60.2 Å². The van der Waals surface area contributed by atoms with Gasteiger partial charge in [0.1, 0.15) is 11.5 Å². The second-order valence-electron chi connectivity index (χ2n) is 6.65. The molecule has 0 bridgehead atoms. The van der Waals surface area contributed by atoms with E-state index in [-0.39, 0.29) is 11.5 Å². The number of benzene rings is 3. The number of fused-ring (bicyclic) bond motifs is 1. The van der Waals surface area contributed by atoms with Crippen LogP contribution in [0.1, 0.15) is 17.3 Å². The average Bonchev–Trinajstić information content (AvgIpc) is 2.76. The molecular formula is C23H22N2O6. The number of hydrogen-bond donors (Lipinski definition) is 2. The molecule has 3 rings (SSSR count). The van der Waals surface area contributed by atoms with Crippen LogP contribution < -0.4 is 20.1 Å². The summed E-state index contributed by atoms with van der Waals surface area (Å²) < 4.78 is 15.5. The smallest absolute Gasteiger partial charge is 0.340 e. The summed E-state index contributed by atoms with van der Waals surface area (Å²) in [6.45, 7) is 0.838. The highest BCUT2D eigenvalue weighted by Gasteiger charge is 2.17. The van der Waals surface area contributed by atoms with Crippen molar-refractivity contribution in [3.8, 4) is 11.5 Å². The molecule has 31 heavy (non-hydrogen) atoms. The summed E-state index contributed by atoms with van der Waals surface area (Å²) in [5, 5.41) is 6.92. The lowest BCUT2D eigenvalue weighted by molar-refractivity contribution is -0.119. The number of hydrogen-bond acceptors (Lipinski definition) is 6. The van der Waals surface area contributed by atoms with Gasteiger partial charge in [0.2, 0.25) is 5.91 Å². The molecular weight excluding hydrogens is 400 g/mol. The van der Waals surface area contributed by atoms with Crippen molar-refractivity contribution in [1.29, 1.82) is 0 Å². The van der Waals surface area contributed by atoms with Crippen molar-refractivity contribution < 1.29 is 28.6 Å². The summed E-state index contributed by atoms with van der Waals surface area (Å²) in [5.74, 6) is -0.585. The van der Waals surface area contributed by atoms with Crippen molar-refractivity contribution in [2.45, 2.75) is 6.92 Å². The SMILES string of the molecule is COc1cc(NC(=O)COC(=O)c2cc3ccccc3cc2NC(C)=O)cc(OC)c1. The molecule has 0 atom stereocenters. The normalized spacial score (nSPS) is 10.3. The first kappa shape index (κ1) is 21.6. The molecule has 0 heterocycles. The molecule has 0 aromatic heterocycles. The fourth-order valence-corrected chi connectivity index (χ4v) is 2.99. The molecule has 8 heteroatoms. The maximum absolute atomic E-state index is 12.7. The third kappa shape index (κ3) is 5.51. The highest BCUT2D eigenvalue weighted by molar-refractivity contribution is 6.06. The summed E-state index contributed by atoms with van der Waals surface area (Å²) >= 11 is 0. The lowest BCUT2D eigenvalue weighted by Crippen LogP contribution is -2.21. The number of nitrogens with one attached hydrogen (secondary N) is 2. The zero-order valence-corrected chi connectivity index (χ0v) is 17.4. The minimum atomic E-state index is -0.729. The fourth-order valence-electron chi connectivity index (χ4n) is 2.99. The van der Waals surface area contributed by atoms with Crippen LogP contribution in [0.15, 0.2) is 54.6 Å². The topological polar surface area (TPSA) is 103 Å². The molecule has 0 saturated heterocycles. The van der Waals surface area contributed by atoms with Crippen molar-refractivity contribution >= 4 is 39.9 Å². The molecule has 3 aromatic rings. The summed E-state index contributed by atoms with van der Waals surface area (Å²) in [4.78, 5) is 36.5. The largest absolute Gasteiger partial charge is 0.497 e. The van der Waals surface area contributed by atoms with Gasteiger partial charge in [-0.1, -0.05) is 24.3 Å². The van der Waals surface area contributed by atoms with E-state index in [4.69, 9.17) is 14.2 Å². The minimum absolute atomic E-state index is 0.157. The molecule has 0 fully saturated rings. The van der Waals surface area contributed by atoms with Gasteiger partial charge in [0.15, 0.2) is 6.61 Å². The average molecular weight is 422 g/mol. The Bertz CT molecular complexity index is 1120. The number of methoxy groups -OCH3 is 2. The molecule has 0 aliphatic carbocycles. The number of ether oxygens (including phenoxy) is 3. The Kier molecular flexibility index (Phi) is 6.71. The molecule has 0 saturated carbocycles. The molecule has 0 spiro atoms. The first-order valence-corrected chi connectivity index (χ1v) is 9.40. The third-order valence-corrected chi connectivity index (χ3v) is 4.39. The summed E-state index contributed by atoms with van der Waals surface area (Å²) in [6, 6.07) is 15.6. The van der Waals surface area contributed by atoms with Crippen molar-refractivity contribution in [3.63, 3.8) is 0 Å². The maximum Gasteiger partial charge on any atom is 0.340 e. The van der Waals surface area contributed by atoms with Crippen molar-refractivity contribution in [2.75, 3.05) is 31.5 Å². The van der Waals surface area contributed by atoms with Crippen molar-refractivity contribution in [2.24, 2.45) is 0 Å². The number of anilines is 2. The maximum atomic E-state index is 12.7. The molecule has 0 radical (unpaired) electrons. The molecule has 160 valence electrons. The van der Waals surface area contributed by atoms with Crippen LogP contribution in [-0.4, -0.2) is 38.6 Å². The Morgan fingerprint density at radius 2 is 1.45 bits per heavy atom. The van der Waals surface area contributed by atoms with Crippen LogP contribution in [0.5, 0.6) is 11.5 Å². The predicted octanol–water partition coefficient (Wildman–Crippen LogP) is 3.61. The lowest BCUT2D eigenvalue weighted by atomic mass is 10.0. The summed E-state index contributed by atoms with van der Waals surface area (Å²) in [6.07, 6.45) is 0. The molecule has 0 aliphatic rings. The Morgan fingerprint density at radius 3 is 2.03 bits per heavy atom. The molecule has 8 nitrogen and oxygen atoms in total. The molecule has 2 N–H and O–H groups in total. The second kappa shape index (κ2) is 9.62. The molecule has 3 aromatic carbocycles. The van der Waals surface area contributed by atoms with E-state index in [0.29, 0.717) is 22.9 Å². The quantitative estimate of drug-likeness (QED) is 0.564. The number of carbonyl (C=O) groups is 3. The van der Waals surface area contributed by atoms with Gasteiger partial charge < -0.3 is 24.8 Å². The van der Waals surface area contributed by atoms with Crippen LogP contribution >= 0.6 is 0 Å². The number of esters is 1. The number of carbonyl (C=O) groups excluding carboxylic acids is 3. The van der Waals surface area contributed by atoms with E-state index in [2.05, 4.69) is 10.6 Å². The fraction of sp³-hybridized carbons (Fsp3) is 0.174. The zero-order valence-electron chi connectivity index (χ0n) is 17.4. The van der Waals surface area contributed by atoms with Gasteiger partial charge >= 0.3 is 5.97 Å². The number of rotatable bonds is 7. The predicted molar refractivity (Wildman–Crippen MR) is 117 cm³/mol. The third-order valence-electron chi connectivity index (χ3n) is 4.39. The minimum Gasteiger partial charge on any atom is -0.497 e. The molecule has 0 aliphatic heterocycles. The van der Waals surface area contributed by atoms with E-state index < -0.39 is 18.5 Å². The van der Waals surface area contributed by atoms with E-state index >= 15 is 0 Å². The van der Waals surface area contributed by atoms with Crippen LogP contribution in [0, 0.1) is 0 Å². The van der Waals surface area contributed by atoms with Crippen molar-refractivity contribution in [1.82, 2.24) is 0 Å². The van der Waals surface area contributed by atoms with Crippen LogP contribution in [-0.2, 0) is 14.3 Å². The Morgan fingerprint density at radius 1 is 0.839 bits per heavy atom. The van der Waals surface area contributed by atoms with Gasteiger partial charge in [-0.2, -0.15) is 0 Å². The van der Waals surface area contributed by atoms with Gasteiger partial charge in [0.25, 0.3) is 5.91 Å². The van der Waals surface area contributed by atoms with E-state index in [1.807, 2.05) is 24.3 Å². The van der Waals surface area contributed by atoms with E-state index in [0.717, 1.165) is 10.8 Å². The van der Waals surface area contributed by atoms with Gasteiger partial charge in [0, 0.05) is 30.8 Å². The summed E-state index contributed by atoms with van der Waals surface area (Å²) in [7, 11) is 3.00. The molecule has 2 amide bonds. The standard InChI is InChI=1S/C23H22N2O6/c1-14(26)24-21-9-16-7-5-4-6-15(16)8-20(21)23(28)31-13-22(27)25-17-10-18(29-2)12-19(11-17)30-3/h4-12H,13H2,1-3H3,(H,24,26)(H,25,27). The zero-order chi connectivity index (χ0) is 22.4. The Balaban J connectivity index is 1.73. The van der Waals surface area contributed by atoms with E-state index in [1.54, 1.807) is 30.3 Å². The number of amides is 2. The first-order chi connectivity index (χ1) is 14.9. The van der Waals surface area contributed by atoms with Gasteiger partial charge in [-0.25, -0.2) is 4.79 Å². The summed E-state index contributed by atoms with van der Waals surface area (Å²) in [5.41, 5.74) is 0.903. The van der Waals surface area contributed by atoms with E-state index in [1.165, 1.54) is 21.1 Å². The molecule has 0 unspecified atom stereocenters. The van der Waals surface area contributed by atoms with Gasteiger partial charge in [-0.05, 0) is 22.9 Å². The first-order valence-electron chi connectivity index (χ1n) is 9.40. The monoisotopic (exact) mass is 422 g/mol.